The molecule has 0 saturated carbocycles. The standard InChI is InChI=1S/C14H22N2O2/c1-14(2,3)16-13(17)18-12(10-15)9-11-7-5-4-6-8-11/h4-8,12H,9-10,15H2,1-3H3,(H,16,17)/t12-/m0/s1. The second-order valence-electron chi connectivity index (χ2n) is 5.33. The molecule has 1 atom stereocenters. The summed E-state index contributed by atoms with van der Waals surface area (Å²) in [5.41, 5.74) is 6.43. The summed E-state index contributed by atoms with van der Waals surface area (Å²) in [5, 5.41) is 2.75. The van der Waals surface area contributed by atoms with Gasteiger partial charge in [0, 0.05) is 18.5 Å². The van der Waals surface area contributed by atoms with Crippen molar-refractivity contribution in [3.05, 3.63) is 35.9 Å². The molecule has 100 valence electrons. The Morgan fingerprint density at radius 3 is 2.44 bits per heavy atom. The van der Waals surface area contributed by atoms with Crippen molar-refractivity contribution in [2.75, 3.05) is 6.54 Å². The van der Waals surface area contributed by atoms with Crippen molar-refractivity contribution in [3.63, 3.8) is 0 Å². The van der Waals surface area contributed by atoms with E-state index in [1.54, 1.807) is 0 Å². The Hall–Kier alpha value is -1.55. The Morgan fingerprint density at radius 1 is 1.33 bits per heavy atom. The maximum atomic E-state index is 11.6. The van der Waals surface area contributed by atoms with Crippen LogP contribution in [-0.2, 0) is 11.2 Å². The molecule has 0 fully saturated rings. The highest BCUT2D eigenvalue weighted by molar-refractivity contribution is 5.68. The van der Waals surface area contributed by atoms with Gasteiger partial charge in [-0.25, -0.2) is 4.79 Å². The van der Waals surface area contributed by atoms with Gasteiger partial charge >= 0.3 is 6.09 Å². The lowest BCUT2D eigenvalue weighted by molar-refractivity contribution is 0.0950. The molecule has 4 nitrogen and oxygen atoms in total. The second-order valence-corrected chi connectivity index (χ2v) is 5.33. The Kier molecular flexibility index (Phi) is 5.16. The molecule has 4 heteroatoms. The first-order valence-electron chi connectivity index (χ1n) is 6.13. The van der Waals surface area contributed by atoms with E-state index >= 15 is 0 Å². The minimum Gasteiger partial charge on any atom is -0.445 e. The van der Waals surface area contributed by atoms with Gasteiger partial charge in [0.05, 0.1) is 0 Å². The first kappa shape index (κ1) is 14.5. The van der Waals surface area contributed by atoms with Gasteiger partial charge < -0.3 is 15.8 Å². The maximum absolute atomic E-state index is 11.6. The van der Waals surface area contributed by atoms with E-state index in [0.717, 1.165) is 5.56 Å². The van der Waals surface area contributed by atoms with Crippen molar-refractivity contribution in [2.45, 2.75) is 38.8 Å². The van der Waals surface area contributed by atoms with Gasteiger partial charge in [-0.1, -0.05) is 30.3 Å². The molecule has 0 aromatic heterocycles. The molecule has 0 unspecified atom stereocenters. The van der Waals surface area contributed by atoms with E-state index in [0.29, 0.717) is 13.0 Å². The van der Waals surface area contributed by atoms with Crippen LogP contribution in [0.15, 0.2) is 30.3 Å². The molecule has 0 spiro atoms. The summed E-state index contributed by atoms with van der Waals surface area (Å²) in [6.45, 7) is 6.03. The van der Waals surface area contributed by atoms with Crippen molar-refractivity contribution in [2.24, 2.45) is 5.73 Å². The van der Waals surface area contributed by atoms with Crippen LogP contribution in [0.25, 0.3) is 0 Å². The predicted molar refractivity (Wildman–Crippen MR) is 72.4 cm³/mol. The Labute approximate surface area is 109 Å². The highest BCUT2D eigenvalue weighted by atomic mass is 16.6. The zero-order chi connectivity index (χ0) is 13.6. The van der Waals surface area contributed by atoms with Crippen LogP contribution in [0, 0.1) is 0 Å². The monoisotopic (exact) mass is 250 g/mol. The minimum atomic E-state index is -0.422. The van der Waals surface area contributed by atoms with Gasteiger partial charge in [-0.15, -0.1) is 0 Å². The van der Waals surface area contributed by atoms with E-state index in [1.165, 1.54) is 0 Å². The summed E-state index contributed by atoms with van der Waals surface area (Å²) < 4.78 is 5.30. The summed E-state index contributed by atoms with van der Waals surface area (Å²) in [6.07, 6.45) is -0.0850. The smallest absolute Gasteiger partial charge is 0.407 e. The van der Waals surface area contributed by atoms with Crippen LogP contribution in [0.4, 0.5) is 4.79 Å². The molecular weight excluding hydrogens is 228 g/mol. The quantitative estimate of drug-likeness (QED) is 0.860. The molecule has 0 heterocycles. The van der Waals surface area contributed by atoms with Crippen LogP contribution < -0.4 is 11.1 Å². The van der Waals surface area contributed by atoms with Crippen molar-refractivity contribution >= 4 is 6.09 Å². The molecule has 0 radical (unpaired) electrons. The third-order valence-electron chi connectivity index (χ3n) is 2.32. The molecule has 1 rings (SSSR count). The van der Waals surface area contributed by atoms with Crippen molar-refractivity contribution in [1.29, 1.82) is 0 Å². The second kappa shape index (κ2) is 6.40. The molecule has 18 heavy (non-hydrogen) atoms. The Morgan fingerprint density at radius 2 is 1.94 bits per heavy atom. The molecule has 1 aromatic carbocycles. The topological polar surface area (TPSA) is 64.3 Å². The fourth-order valence-electron chi connectivity index (χ4n) is 1.54. The van der Waals surface area contributed by atoms with Crippen LogP contribution in [0.3, 0.4) is 0 Å². The van der Waals surface area contributed by atoms with E-state index in [9.17, 15) is 4.79 Å². The van der Waals surface area contributed by atoms with E-state index in [1.807, 2.05) is 51.1 Å². The van der Waals surface area contributed by atoms with E-state index in [2.05, 4.69) is 5.32 Å². The third kappa shape index (κ3) is 5.68. The summed E-state index contributed by atoms with van der Waals surface area (Å²) in [4.78, 5) is 11.6. The van der Waals surface area contributed by atoms with Crippen LogP contribution in [0.2, 0.25) is 0 Å². The SMILES string of the molecule is CC(C)(C)NC(=O)O[C@H](CN)Cc1ccccc1. The number of ether oxygens (including phenoxy) is 1. The summed E-state index contributed by atoms with van der Waals surface area (Å²) >= 11 is 0. The molecule has 0 aliphatic heterocycles. The fourth-order valence-corrected chi connectivity index (χ4v) is 1.54. The number of carbonyl (C=O) groups is 1. The lowest BCUT2D eigenvalue weighted by atomic mass is 10.1. The fraction of sp³-hybridized carbons (Fsp3) is 0.500. The maximum Gasteiger partial charge on any atom is 0.407 e. The van der Waals surface area contributed by atoms with Gasteiger partial charge in [0.2, 0.25) is 0 Å². The summed E-state index contributed by atoms with van der Waals surface area (Å²) in [7, 11) is 0. The largest absolute Gasteiger partial charge is 0.445 e. The molecule has 3 N–H and O–H groups in total. The number of carbonyl (C=O) groups excluding carboxylic acids is 1. The van der Waals surface area contributed by atoms with E-state index in [-0.39, 0.29) is 11.6 Å². The number of nitrogens with two attached hydrogens (primary N) is 1. The number of amides is 1. The van der Waals surface area contributed by atoms with Gasteiger partial charge in [-0.3, -0.25) is 0 Å². The summed E-state index contributed by atoms with van der Waals surface area (Å²) in [5.74, 6) is 0. The third-order valence-corrected chi connectivity index (χ3v) is 2.32. The molecule has 0 saturated heterocycles. The number of nitrogens with one attached hydrogen (secondary N) is 1. The van der Waals surface area contributed by atoms with Crippen molar-refractivity contribution in [3.8, 4) is 0 Å². The highest BCUT2D eigenvalue weighted by Gasteiger charge is 2.18. The predicted octanol–water partition coefficient (Wildman–Crippen LogP) is 2.08. The molecule has 1 aromatic rings. The van der Waals surface area contributed by atoms with Gasteiger partial charge in [0.15, 0.2) is 0 Å². The molecule has 0 aliphatic carbocycles. The number of hydrogen-bond acceptors (Lipinski definition) is 3. The molecular formula is C14H22N2O2. The van der Waals surface area contributed by atoms with Gasteiger partial charge in [0.25, 0.3) is 0 Å². The van der Waals surface area contributed by atoms with Crippen molar-refractivity contribution in [1.82, 2.24) is 5.32 Å². The number of benzene rings is 1. The van der Waals surface area contributed by atoms with Crippen LogP contribution in [-0.4, -0.2) is 24.3 Å². The molecule has 0 aliphatic rings. The Balaban J connectivity index is 2.50. The zero-order valence-electron chi connectivity index (χ0n) is 11.3. The minimum absolute atomic E-state index is 0.297. The van der Waals surface area contributed by atoms with E-state index in [4.69, 9.17) is 10.5 Å². The average Bonchev–Trinajstić information content (AvgIpc) is 2.27. The van der Waals surface area contributed by atoms with E-state index < -0.39 is 6.09 Å². The highest BCUT2D eigenvalue weighted by Crippen LogP contribution is 2.07. The van der Waals surface area contributed by atoms with Crippen molar-refractivity contribution < 1.29 is 9.53 Å². The Bertz CT molecular complexity index is 371. The van der Waals surface area contributed by atoms with Crippen LogP contribution in [0.5, 0.6) is 0 Å². The van der Waals surface area contributed by atoms with Gasteiger partial charge in [0.1, 0.15) is 6.10 Å². The first-order chi connectivity index (χ1) is 8.40. The zero-order valence-corrected chi connectivity index (χ0v) is 11.3. The molecule has 1 amide bonds. The number of alkyl carbamates (subject to hydrolysis) is 1. The lowest BCUT2D eigenvalue weighted by Crippen LogP contribution is -2.43. The normalized spacial score (nSPS) is 12.9. The van der Waals surface area contributed by atoms with Gasteiger partial charge in [-0.05, 0) is 26.3 Å². The first-order valence-corrected chi connectivity index (χ1v) is 6.13. The van der Waals surface area contributed by atoms with Crippen LogP contribution in [0.1, 0.15) is 26.3 Å². The molecule has 0 bridgehead atoms. The number of hydrogen-bond donors (Lipinski definition) is 2. The number of rotatable bonds is 4. The van der Waals surface area contributed by atoms with Gasteiger partial charge in [-0.2, -0.15) is 0 Å². The average molecular weight is 250 g/mol. The lowest BCUT2D eigenvalue weighted by Gasteiger charge is -2.23. The van der Waals surface area contributed by atoms with Crippen LogP contribution >= 0.6 is 0 Å². The summed E-state index contributed by atoms with van der Waals surface area (Å²) in [6, 6.07) is 9.85.